The predicted molar refractivity (Wildman–Crippen MR) is 109 cm³/mol. The van der Waals surface area contributed by atoms with E-state index in [9.17, 15) is 15.8 Å². The SMILES string of the molecule is C#[N+]C1c2nc(C)c(C#N)nc2C=C(N=CC(C#N)=C(N)C#N)C1N=C(C#N)CC#N. The first-order chi connectivity index (χ1) is 14.9. The molecule has 0 saturated carbocycles. The molecule has 0 radical (unpaired) electrons. The maximum atomic E-state index is 9.28. The lowest BCUT2D eigenvalue weighted by Gasteiger charge is -2.19. The van der Waals surface area contributed by atoms with Gasteiger partial charge in [-0.3, -0.25) is 9.98 Å². The first-order valence-corrected chi connectivity index (χ1v) is 8.51. The first kappa shape index (κ1) is 21.9. The highest BCUT2D eigenvalue weighted by molar-refractivity contribution is 6.00. The van der Waals surface area contributed by atoms with E-state index in [4.69, 9.17) is 22.8 Å². The van der Waals surface area contributed by atoms with Crippen molar-refractivity contribution in [3.8, 4) is 36.9 Å². The minimum Gasteiger partial charge on any atom is -0.389 e. The molecule has 1 aromatic heterocycles. The number of allylic oxidation sites excluding steroid dienone is 2. The summed E-state index contributed by atoms with van der Waals surface area (Å²) in [6, 6.07) is 7.11. The monoisotopic (exact) mass is 406 g/mol. The lowest BCUT2D eigenvalue weighted by Crippen LogP contribution is -2.25. The van der Waals surface area contributed by atoms with Gasteiger partial charge in [-0.25, -0.2) is 9.97 Å². The van der Waals surface area contributed by atoms with Crippen molar-refractivity contribution in [1.29, 1.82) is 26.3 Å². The summed E-state index contributed by atoms with van der Waals surface area (Å²) in [5.74, 6) is 0. The number of hydrogen-bond acceptors (Lipinski definition) is 10. The maximum Gasteiger partial charge on any atom is 0.343 e. The maximum absolute atomic E-state index is 9.28. The molecule has 2 unspecified atom stereocenters. The molecule has 11 heteroatoms. The van der Waals surface area contributed by atoms with Crippen molar-refractivity contribution in [2.24, 2.45) is 15.7 Å². The fraction of sp³-hybridized carbons (Fsp3) is 0.200. The third-order valence-electron chi connectivity index (χ3n) is 4.10. The van der Waals surface area contributed by atoms with E-state index in [0.29, 0.717) is 11.4 Å². The minimum absolute atomic E-state index is 0.0865. The fourth-order valence-electron chi connectivity index (χ4n) is 2.63. The number of nitrogens with two attached hydrogens (primary N) is 1. The lowest BCUT2D eigenvalue weighted by molar-refractivity contribution is 0.647. The second kappa shape index (κ2) is 9.72. The van der Waals surface area contributed by atoms with E-state index in [1.807, 2.05) is 18.2 Å². The summed E-state index contributed by atoms with van der Waals surface area (Å²) < 4.78 is 0. The van der Waals surface area contributed by atoms with E-state index in [0.717, 1.165) is 6.21 Å². The van der Waals surface area contributed by atoms with Gasteiger partial charge in [0.15, 0.2) is 17.4 Å². The molecule has 0 aliphatic heterocycles. The van der Waals surface area contributed by atoms with Crippen molar-refractivity contribution < 1.29 is 0 Å². The number of nitrogens with zero attached hydrogens (tertiary/aromatic N) is 10. The van der Waals surface area contributed by atoms with Crippen LogP contribution in [0, 0.1) is 70.2 Å². The van der Waals surface area contributed by atoms with Crippen molar-refractivity contribution in [1.82, 2.24) is 9.97 Å². The quantitative estimate of drug-likeness (QED) is 0.573. The normalized spacial score (nSPS) is 18.0. The van der Waals surface area contributed by atoms with Gasteiger partial charge in [0, 0.05) is 6.21 Å². The molecule has 1 heterocycles. The van der Waals surface area contributed by atoms with E-state index in [1.54, 1.807) is 19.1 Å². The third kappa shape index (κ3) is 4.56. The summed E-state index contributed by atoms with van der Waals surface area (Å²) >= 11 is 0. The molecule has 31 heavy (non-hydrogen) atoms. The van der Waals surface area contributed by atoms with Crippen molar-refractivity contribution in [3.05, 3.63) is 44.6 Å². The molecule has 2 N–H and O–H groups in total. The summed E-state index contributed by atoms with van der Waals surface area (Å²) in [7, 11) is 0. The van der Waals surface area contributed by atoms with Crippen LogP contribution in [-0.4, -0.2) is 27.9 Å². The highest BCUT2D eigenvalue weighted by atomic mass is 15.0. The number of aryl methyl sites for hydroxylation is 1. The molecule has 11 nitrogen and oxygen atoms in total. The molecule has 0 spiro atoms. The van der Waals surface area contributed by atoms with Gasteiger partial charge in [0.2, 0.25) is 0 Å². The van der Waals surface area contributed by atoms with Crippen molar-refractivity contribution in [2.45, 2.75) is 25.4 Å². The molecule has 1 aromatic rings. The number of rotatable bonds is 4. The van der Waals surface area contributed by atoms with Crippen LogP contribution in [0.15, 0.2) is 27.0 Å². The van der Waals surface area contributed by atoms with Crippen LogP contribution >= 0.6 is 0 Å². The molecule has 146 valence electrons. The van der Waals surface area contributed by atoms with Crippen molar-refractivity contribution in [2.75, 3.05) is 0 Å². The Morgan fingerprint density at radius 3 is 2.52 bits per heavy atom. The van der Waals surface area contributed by atoms with E-state index in [-0.39, 0.29) is 40.5 Å². The van der Waals surface area contributed by atoms with Crippen LogP contribution in [0.25, 0.3) is 10.9 Å². The minimum atomic E-state index is -0.971. The largest absolute Gasteiger partial charge is 0.389 e. The van der Waals surface area contributed by atoms with Crippen LogP contribution in [-0.2, 0) is 0 Å². The Hall–Kier alpha value is -5.36. The molecule has 0 aromatic carbocycles. The average molecular weight is 406 g/mol. The zero-order chi connectivity index (χ0) is 23.0. The first-order valence-electron chi connectivity index (χ1n) is 8.51. The Labute approximate surface area is 177 Å². The summed E-state index contributed by atoms with van der Waals surface area (Å²) in [5.41, 5.74) is 6.05. The van der Waals surface area contributed by atoms with Crippen molar-refractivity contribution in [3.63, 3.8) is 0 Å². The molecule has 1 aliphatic carbocycles. The molecule has 0 amide bonds. The molecule has 0 saturated heterocycles. The Morgan fingerprint density at radius 1 is 1.23 bits per heavy atom. The summed E-state index contributed by atoms with van der Waals surface area (Å²) in [6.07, 6.45) is 2.26. The van der Waals surface area contributed by atoms with Crippen LogP contribution in [0.5, 0.6) is 0 Å². The van der Waals surface area contributed by atoms with Gasteiger partial charge in [-0.15, -0.1) is 0 Å². The van der Waals surface area contributed by atoms with Crippen molar-refractivity contribution >= 4 is 18.0 Å². The molecule has 0 bridgehead atoms. The van der Waals surface area contributed by atoms with Gasteiger partial charge < -0.3 is 5.73 Å². The standard InChI is InChI=1S/C20H12N11/c1-11-17(9-25)31-16-5-15(28-10-12(6-22)14(26)8-24)18(20(27-2)19(16)29-11)30-13(7-23)3-4-21/h2,5,10,18,20H,3,26H2,1H3/q+1. The second-order valence-electron chi connectivity index (χ2n) is 5.98. The van der Waals surface area contributed by atoms with E-state index < -0.39 is 12.1 Å². The van der Waals surface area contributed by atoms with Crippen LogP contribution < -0.4 is 5.73 Å². The Balaban J connectivity index is 2.78. The number of nitriles is 5. The van der Waals surface area contributed by atoms with Gasteiger partial charge in [-0.2, -0.15) is 26.3 Å². The van der Waals surface area contributed by atoms with Gasteiger partial charge in [-0.1, -0.05) is 4.85 Å². The topological polar surface area (TPSA) is 200 Å². The summed E-state index contributed by atoms with van der Waals surface area (Å²) in [6.45, 7) is 7.20. The van der Waals surface area contributed by atoms with E-state index in [2.05, 4.69) is 24.8 Å². The molecule has 1 aliphatic rings. The van der Waals surface area contributed by atoms with Crippen LogP contribution in [0.3, 0.4) is 0 Å². The van der Waals surface area contributed by atoms with E-state index >= 15 is 0 Å². The van der Waals surface area contributed by atoms with Gasteiger partial charge in [0.05, 0.1) is 29.6 Å². The lowest BCUT2D eigenvalue weighted by atomic mass is 9.93. The average Bonchev–Trinajstić information content (AvgIpc) is 2.78. The number of fused-ring (bicyclic) bond motifs is 1. The van der Waals surface area contributed by atoms with E-state index in [1.165, 1.54) is 6.08 Å². The molecule has 2 rings (SSSR count). The Bertz CT molecular complexity index is 1300. The Kier molecular flexibility index (Phi) is 6.88. The number of aromatic nitrogens is 2. The van der Waals surface area contributed by atoms with Gasteiger partial charge in [0.25, 0.3) is 6.57 Å². The number of aliphatic imine (C=N–C) groups is 2. The highest BCUT2D eigenvalue weighted by Gasteiger charge is 2.42. The van der Waals surface area contributed by atoms with Crippen LogP contribution in [0.1, 0.15) is 35.2 Å². The zero-order valence-corrected chi connectivity index (χ0v) is 16.1. The smallest absolute Gasteiger partial charge is 0.343 e. The van der Waals surface area contributed by atoms with Gasteiger partial charge in [0.1, 0.15) is 41.3 Å². The predicted octanol–water partition coefficient (Wildman–Crippen LogP) is 1.59. The van der Waals surface area contributed by atoms with Gasteiger partial charge in [-0.05, 0) is 13.0 Å². The molecular formula is C20H12N11+. The Morgan fingerprint density at radius 2 is 1.97 bits per heavy atom. The molecule has 2 atom stereocenters. The van der Waals surface area contributed by atoms with Crippen LogP contribution in [0.2, 0.25) is 0 Å². The van der Waals surface area contributed by atoms with Gasteiger partial charge >= 0.3 is 6.04 Å². The summed E-state index contributed by atoms with van der Waals surface area (Å²) in [4.78, 5) is 20.9. The summed E-state index contributed by atoms with van der Waals surface area (Å²) in [5, 5.41) is 45.5. The molecular weight excluding hydrogens is 394 g/mol. The highest BCUT2D eigenvalue weighted by Crippen LogP contribution is 2.36. The third-order valence-corrected chi connectivity index (χ3v) is 4.10. The second-order valence-corrected chi connectivity index (χ2v) is 5.98. The molecule has 0 fully saturated rings. The number of hydrogen-bond donors (Lipinski definition) is 1. The van der Waals surface area contributed by atoms with Crippen LogP contribution in [0.4, 0.5) is 0 Å². The zero-order valence-electron chi connectivity index (χ0n) is 16.1. The fourth-order valence-corrected chi connectivity index (χ4v) is 2.63.